The zero-order chi connectivity index (χ0) is 17.1. The molecule has 0 aromatic heterocycles. The van der Waals surface area contributed by atoms with E-state index in [1.54, 1.807) is 0 Å². The molecule has 0 aliphatic carbocycles. The number of rotatable bonds is 4. The second-order valence-electron chi connectivity index (χ2n) is 5.68. The van der Waals surface area contributed by atoms with Gasteiger partial charge in [-0.2, -0.15) is 0 Å². The molecule has 2 amide bonds. The van der Waals surface area contributed by atoms with E-state index >= 15 is 0 Å². The summed E-state index contributed by atoms with van der Waals surface area (Å²) in [6.45, 7) is 2.02. The molecule has 0 atom stereocenters. The minimum atomic E-state index is -0.164. The monoisotopic (exact) mass is 388 g/mol. The normalized spacial score (nSPS) is 12.8. The van der Waals surface area contributed by atoms with Crippen molar-refractivity contribution in [3.8, 4) is 5.75 Å². The number of halogens is 1. The van der Waals surface area contributed by atoms with Gasteiger partial charge in [-0.3, -0.25) is 9.59 Å². The number of ether oxygens (including phenoxy) is 1. The number of nitrogens with one attached hydrogen (secondary N) is 2. The smallest absolute Gasteiger partial charge is 0.262 e. The van der Waals surface area contributed by atoms with E-state index in [0.29, 0.717) is 24.3 Å². The minimum absolute atomic E-state index is 0.0430. The largest absolute Gasteiger partial charge is 0.482 e. The van der Waals surface area contributed by atoms with Crippen LogP contribution in [0.2, 0.25) is 0 Å². The van der Waals surface area contributed by atoms with Crippen LogP contribution in [0.1, 0.15) is 17.5 Å². The zero-order valence-electron chi connectivity index (χ0n) is 13.2. The maximum atomic E-state index is 12.1. The maximum Gasteiger partial charge on any atom is 0.262 e. The van der Waals surface area contributed by atoms with Gasteiger partial charge in [-0.15, -0.1) is 0 Å². The molecule has 2 aromatic rings. The van der Waals surface area contributed by atoms with Gasteiger partial charge in [0.15, 0.2) is 6.61 Å². The minimum Gasteiger partial charge on any atom is -0.482 e. The van der Waals surface area contributed by atoms with E-state index in [1.807, 2.05) is 43.3 Å². The summed E-state index contributed by atoms with van der Waals surface area (Å²) in [6, 6.07) is 11.3. The van der Waals surface area contributed by atoms with Crippen LogP contribution in [0.3, 0.4) is 0 Å². The first kappa shape index (κ1) is 16.5. The van der Waals surface area contributed by atoms with Gasteiger partial charge >= 0.3 is 0 Å². The van der Waals surface area contributed by atoms with Crippen LogP contribution in [0.15, 0.2) is 40.9 Å². The lowest BCUT2D eigenvalue weighted by atomic mass is 10.1. The lowest BCUT2D eigenvalue weighted by Gasteiger charge is -2.18. The summed E-state index contributed by atoms with van der Waals surface area (Å²) in [5.74, 6) is 0.450. The lowest BCUT2D eigenvalue weighted by molar-refractivity contribution is -0.118. The van der Waals surface area contributed by atoms with E-state index in [9.17, 15) is 9.59 Å². The summed E-state index contributed by atoms with van der Waals surface area (Å²) < 4.78 is 6.33. The fraction of sp³-hybridized carbons (Fsp3) is 0.222. The topological polar surface area (TPSA) is 67.4 Å². The number of benzene rings is 2. The molecule has 6 heteroatoms. The number of hydrogen-bond acceptors (Lipinski definition) is 3. The third kappa shape index (κ3) is 3.94. The fourth-order valence-corrected chi connectivity index (χ4v) is 2.74. The number of amides is 2. The van der Waals surface area contributed by atoms with Crippen molar-refractivity contribution >= 4 is 39.1 Å². The average Bonchev–Trinajstić information content (AvgIpc) is 2.56. The van der Waals surface area contributed by atoms with Gasteiger partial charge < -0.3 is 15.4 Å². The van der Waals surface area contributed by atoms with Crippen molar-refractivity contribution in [2.45, 2.75) is 19.8 Å². The first-order valence-electron chi connectivity index (χ1n) is 7.63. The molecule has 0 radical (unpaired) electrons. The Balaban J connectivity index is 1.59. The number of hydrogen-bond donors (Lipinski definition) is 2. The molecule has 3 rings (SSSR count). The predicted molar refractivity (Wildman–Crippen MR) is 96.4 cm³/mol. The third-order valence-electron chi connectivity index (χ3n) is 3.76. The number of carbonyl (C=O) groups excluding carboxylic acids is 2. The van der Waals surface area contributed by atoms with Gasteiger partial charge in [0.25, 0.3) is 5.91 Å². The molecular weight excluding hydrogens is 372 g/mol. The molecule has 2 aromatic carbocycles. The molecule has 0 spiro atoms. The quantitative estimate of drug-likeness (QED) is 0.839. The Bertz CT molecular complexity index is 805. The van der Waals surface area contributed by atoms with Crippen LogP contribution in [-0.2, 0) is 16.0 Å². The Morgan fingerprint density at radius 1 is 1.29 bits per heavy atom. The van der Waals surface area contributed by atoms with Crippen molar-refractivity contribution in [2.24, 2.45) is 0 Å². The second kappa shape index (κ2) is 7.05. The third-order valence-corrected chi connectivity index (χ3v) is 4.65. The number of anilines is 2. The molecule has 24 heavy (non-hydrogen) atoms. The Morgan fingerprint density at radius 2 is 2.12 bits per heavy atom. The highest BCUT2D eigenvalue weighted by Crippen LogP contribution is 2.29. The van der Waals surface area contributed by atoms with E-state index in [2.05, 4.69) is 26.6 Å². The average molecular weight is 389 g/mol. The van der Waals surface area contributed by atoms with Crippen LogP contribution in [0.4, 0.5) is 11.4 Å². The van der Waals surface area contributed by atoms with Crippen LogP contribution in [-0.4, -0.2) is 18.4 Å². The van der Waals surface area contributed by atoms with Crippen molar-refractivity contribution in [2.75, 3.05) is 17.2 Å². The molecule has 1 aliphatic heterocycles. The predicted octanol–water partition coefficient (Wildman–Crippen LogP) is 3.66. The van der Waals surface area contributed by atoms with Crippen LogP contribution in [0, 0.1) is 6.92 Å². The van der Waals surface area contributed by atoms with Crippen LogP contribution in [0.5, 0.6) is 5.75 Å². The van der Waals surface area contributed by atoms with Crippen molar-refractivity contribution in [3.63, 3.8) is 0 Å². The first-order chi connectivity index (χ1) is 11.5. The molecule has 124 valence electrons. The highest BCUT2D eigenvalue weighted by molar-refractivity contribution is 9.10. The molecular formula is C18H17BrN2O3. The molecule has 0 bridgehead atoms. The van der Waals surface area contributed by atoms with E-state index in [-0.39, 0.29) is 18.4 Å². The standard InChI is InChI=1S/C18H17BrN2O3/c1-11-8-13(4-5-14(11)19)20-17(22)7-3-12-2-6-16-15(9-12)21-18(23)10-24-16/h2,4-6,8-9H,3,7,10H2,1H3,(H,20,22)(H,21,23). The molecule has 1 heterocycles. The highest BCUT2D eigenvalue weighted by atomic mass is 79.9. The van der Waals surface area contributed by atoms with Crippen LogP contribution >= 0.6 is 15.9 Å². The summed E-state index contributed by atoms with van der Waals surface area (Å²) in [5, 5.41) is 5.67. The Morgan fingerprint density at radius 3 is 2.92 bits per heavy atom. The Hall–Kier alpha value is -2.34. The van der Waals surface area contributed by atoms with Crippen molar-refractivity contribution in [1.29, 1.82) is 0 Å². The Labute approximate surface area is 148 Å². The second-order valence-corrected chi connectivity index (χ2v) is 6.53. The van der Waals surface area contributed by atoms with E-state index in [0.717, 1.165) is 21.3 Å². The molecule has 0 fully saturated rings. The van der Waals surface area contributed by atoms with Gasteiger partial charge in [0.05, 0.1) is 5.69 Å². The van der Waals surface area contributed by atoms with Crippen molar-refractivity contribution < 1.29 is 14.3 Å². The van der Waals surface area contributed by atoms with Gasteiger partial charge in [-0.1, -0.05) is 22.0 Å². The molecule has 0 unspecified atom stereocenters. The first-order valence-corrected chi connectivity index (χ1v) is 8.42. The molecule has 1 aliphatic rings. The Kier molecular flexibility index (Phi) is 4.85. The van der Waals surface area contributed by atoms with Crippen molar-refractivity contribution in [3.05, 3.63) is 52.0 Å². The van der Waals surface area contributed by atoms with Gasteiger partial charge in [0.2, 0.25) is 5.91 Å². The number of aryl methyl sites for hydroxylation is 2. The summed E-state index contributed by atoms with van der Waals surface area (Å²) in [7, 11) is 0. The maximum absolute atomic E-state index is 12.1. The summed E-state index contributed by atoms with van der Waals surface area (Å²) in [4.78, 5) is 23.5. The van der Waals surface area contributed by atoms with Gasteiger partial charge in [-0.25, -0.2) is 0 Å². The number of carbonyl (C=O) groups is 2. The van der Waals surface area contributed by atoms with Crippen molar-refractivity contribution in [1.82, 2.24) is 0 Å². The number of fused-ring (bicyclic) bond motifs is 1. The molecule has 0 saturated heterocycles. The summed E-state index contributed by atoms with van der Waals surface area (Å²) in [5.41, 5.74) is 3.49. The van der Waals surface area contributed by atoms with Gasteiger partial charge in [0.1, 0.15) is 5.75 Å². The molecule has 5 nitrogen and oxygen atoms in total. The van der Waals surface area contributed by atoms with E-state index < -0.39 is 0 Å². The SMILES string of the molecule is Cc1cc(NC(=O)CCc2ccc3c(c2)NC(=O)CO3)ccc1Br. The summed E-state index contributed by atoms with van der Waals surface area (Å²) in [6.07, 6.45) is 0.952. The van der Waals surface area contributed by atoms with Crippen LogP contribution < -0.4 is 15.4 Å². The van der Waals surface area contributed by atoms with E-state index in [4.69, 9.17) is 4.74 Å². The van der Waals surface area contributed by atoms with Gasteiger partial charge in [-0.05, 0) is 54.8 Å². The van der Waals surface area contributed by atoms with E-state index in [1.165, 1.54) is 0 Å². The molecule has 2 N–H and O–H groups in total. The highest BCUT2D eigenvalue weighted by Gasteiger charge is 2.16. The lowest BCUT2D eigenvalue weighted by Crippen LogP contribution is -2.25. The molecule has 0 saturated carbocycles. The fourth-order valence-electron chi connectivity index (χ4n) is 2.49. The van der Waals surface area contributed by atoms with Crippen LogP contribution in [0.25, 0.3) is 0 Å². The van der Waals surface area contributed by atoms with Gasteiger partial charge in [0, 0.05) is 16.6 Å². The zero-order valence-corrected chi connectivity index (χ0v) is 14.8. The summed E-state index contributed by atoms with van der Waals surface area (Å²) >= 11 is 3.44.